The number of aliphatic hydroxyl groups is 1. The number of aliphatic hydroxyl groups excluding tert-OH is 1. The van der Waals surface area contributed by atoms with Crippen LogP contribution >= 0.6 is 0 Å². The van der Waals surface area contributed by atoms with Gasteiger partial charge in [0.2, 0.25) is 0 Å². The van der Waals surface area contributed by atoms with E-state index in [-0.39, 0.29) is 22.5 Å². The number of hydrogen-bond acceptors (Lipinski definition) is 3. The molecule has 164 valence electrons. The highest BCUT2D eigenvalue weighted by Crippen LogP contribution is 2.57. The third-order valence-electron chi connectivity index (χ3n) is 7.24. The van der Waals surface area contributed by atoms with Gasteiger partial charge in [0.05, 0.1) is 5.76 Å². The Hall–Kier alpha value is -2.68. The zero-order chi connectivity index (χ0) is 22.8. The molecule has 0 fully saturated rings. The van der Waals surface area contributed by atoms with E-state index >= 15 is 0 Å². The molecule has 3 heteroatoms. The molecule has 2 N–H and O–H groups in total. The van der Waals surface area contributed by atoms with Gasteiger partial charge in [0.15, 0.2) is 0 Å². The van der Waals surface area contributed by atoms with Crippen molar-refractivity contribution < 1.29 is 14.9 Å². The van der Waals surface area contributed by atoms with E-state index in [2.05, 4.69) is 60.6 Å². The average molecular weight is 419 g/mol. The Kier molecular flexibility index (Phi) is 4.81. The zero-order valence-electron chi connectivity index (χ0n) is 19.7. The summed E-state index contributed by atoms with van der Waals surface area (Å²) in [6.45, 7) is 15.0. The van der Waals surface area contributed by atoms with Crippen LogP contribution in [-0.2, 0) is 5.41 Å². The van der Waals surface area contributed by atoms with Gasteiger partial charge in [-0.25, -0.2) is 0 Å². The number of hydrogen-bond donors (Lipinski definition) is 2. The number of allylic oxidation sites excluding steroid dienone is 4. The molecule has 2 unspecified atom stereocenters. The molecule has 0 amide bonds. The number of ether oxygens (including phenoxy) is 1. The Morgan fingerprint density at radius 3 is 2.19 bits per heavy atom. The first kappa shape index (κ1) is 21.5. The minimum Gasteiger partial charge on any atom is -0.512 e. The van der Waals surface area contributed by atoms with Crippen LogP contribution in [-0.4, -0.2) is 10.2 Å². The predicted molar refractivity (Wildman–Crippen MR) is 126 cm³/mol. The number of rotatable bonds is 1. The number of benzene rings is 2. The molecule has 2 aliphatic rings. The Bertz CT molecular complexity index is 1080. The molecule has 2 aromatic carbocycles. The lowest BCUT2D eigenvalue weighted by Crippen LogP contribution is -2.39. The molecular formula is C28H34O3. The maximum atomic E-state index is 11.2. The second kappa shape index (κ2) is 6.91. The van der Waals surface area contributed by atoms with Crippen molar-refractivity contribution in [2.45, 2.75) is 66.2 Å². The van der Waals surface area contributed by atoms with Gasteiger partial charge in [0.25, 0.3) is 0 Å². The number of phenolic OH excluding ortho intramolecular Hbond substituents is 1. The van der Waals surface area contributed by atoms with E-state index in [9.17, 15) is 10.2 Å². The summed E-state index contributed by atoms with van der Waals surface area (Å²) in [6, 6.07) is 13.9. The molecule has 2 aromatic rings. The highest BCUT2D eigenvalue weighted by molar-refractivity contribution is 5.62. The van der Waals surface area contributed by atoms with Crippen LogP contribution in [0.3, 0.4) is 0 Å². The van der Waals surface area contributed by atoms with Gasteiger partial charge in [-0.1, -0.05) is 78.8 Å². The lowest BCUT2D eigenvalue weighted by molar-refractivity contribution is 0.0768. The molecule has 0 radical (unpaired) electrons. The average Bonchev–Trinajstić information content (AvgIpc) is 2.66. The highest BCUT2D eigenvalue weighted by atomic mass is 16.5. The van der Waals surface area contributed by atoms with Gasteiger partial charge in [-0.3, -0.25) is 0 Å². The summed E-state index contributed by atoms with van der Waals surface area (Å²) in [5.41, 5.74) is 3.27. The second-order valence-corrected chi connectivity index (χ2v) is 11.3. The summed E-state index contributed by atoms with van der Waals surface area (Å²) >= 11 is 0. The third kappa shape index (κ3) is 3.44. The fourth-order valence-corrected chi connectivity index (χ4v) is 4.71. The van der Waals surface area contributed by atoms with Crippen LogP contribution in [0.25, 0.3) is 0 Å². The SMILES string of the molecule is CC(C)(C)c1cc(O)cc2c1OC1=C(C=C(O)C(C)(C(C)(C)C)C1)C2c1ccccc1. The van der Waals surface area contributed by atoms with Crippen LogP contribution < -0.4 is 4.74 Å². The van der Waals surface area contributed by atoms with Gasteiger partial charge in [-0.2, -0.15) is 0 Å². The summed E-state index contributed by atoms with van der Waals surface area (Å²) in [5.74, 6) is 2.26. The van der Waals surface area contributed by atoms with Crippen molar-refractivity contribution in [3.05, 3.63) is 82.3 Å². The first-order valence-electron chi connectivity index (χ1n) is 11.1. The first-order chi connectivity index (χ1) is 14.3. The van der Waals surface area contributed by atoms with Crippen molar-refractivity contribution in [2.24, 2.45) is 10.8 Å². The van der Waals surface area contributed by atoms with Crippen LogP contribution in [0.15, 0.2) is 65.6 Å². The molecule has 0 saturated heterocycles. The van der Waals surface area contributed by atoms with Crippen molar-refractivity contribution in [2.75, 3.05) is 0 Å². The van der Waals surface area contributed by atoms with Crippen molar-refractivity contribution >= 4 is 0 Å². The highest BCUT2D eigenvalue weighted by Gasteiger charge is 2.47. The normalized spacial score (nSPS) is 23.6. The molecule has 0 bridgehead atoms. The van der Waals surface area contributed by atoms with Crippen LogP contribution in [0.5, 0.6) is 11.5 Å². The summed E-state index contributed by atoms with van der Waals surface area (Å²) in [5, 5.41) is 21.8. The van der Waals surface area contributed by atoms with E-state index < -0.39 is 5.41 Å². The minimum atomic E-state index is -0.427. The Morgan fingerprint density at radius 1 is 0.968 bits per heavy atom. The summed E-state index contributed by atoms with van der Waals surface area (Å²) in [6.07, 6.45) is 2.53. The van der Waals surface area contributed by atoms with Gasteiger partial charge in [0, 0.05) is 34.5 Å². The van der Waals surface area contributed by atoms with Gasteiger partial charge in [-0.05, 0) is 34.6 Å². The molecule has 1 aliphatic heterocycles. The fourth-order valence-electron chi connectivity index (χ4n) is 4.71. The topological polar surface area (TPSA) is 49.7 Å². The van der Waals surface area contributed by atoms with Gasteiger partial charge in [0.1, 0.15) is 17.3 Å². The van der Waals surface area contributed by atoms with Gasteiger partial charge in [-0.15, -0.1) is 0 Å². The molecule has 4 rings (SSSR count). The van der Waals surface area contributed by atoms with Crippen LogP contribution in [0, 0.1) is 10.8 Å². The lowest BCUT2D eigenvalue weighted by atomic mass is 9.61. The third-order valence-corrected chi connectivity index (χ3v) is 7.24. The van der Waals surface area contributed by atoms with Crippen LogP contribution in [0.1, 0.15) is 77.5 Å². The Balaban J connectivity index is 1.99. The Morgan fingerprint density at radius 2 is 1.61 bits per heavy atom. The molecular weight excluding hydrogens is 384 g/mol. The molecule has 0 spiro atoms. The van der Waals surface area contributed by atoms with Gasteiger partial charge >= 0.3 is 0 Å². The number of fused-ring (bicyclic) bond motifs is 1. The van der Waals surface area contributed by atoms with E-state index in [4.69, 9.17) is 4.74 Å². The van der Waals surface area contributed by atoms with Gasteiger partial charge < -0.3 is 14.9 Å². The van der Waals surface area contributed by atoms with Crippen molar-refractivity contribution in [1.82, 2.24) is 0 Å². The smallest absolute Gasteiger partial charge is 0.135 e. The van der Waals surface area contributed by atoms with E-state index in [1.54, 1.807) is 0 Å². The molecule has 3 nitrogen and oxygen atoms in total. The zero-order valence-corrected chi connectivity index (χ0v) is 19.7. The predicted octanol–water partition coefficient (Wildman–Crippen LogP) is 7.37. The Labute approximate surface area is 186 Å². The quantitative estimate of drug-likeness (QED) is 0.508. The molecule has 2 atom stereocenters. The number of phenols is 1. The number of aromatic hydroxyl groups is 1. The van der Waals surface area contributed by atoms with E-state index in [1.165, 1.54) is 0 Å². The molecule has 31 heavy (non-hydrogen) atoms. The monoisotopic (exact) mass is 418 g/mol. The van der Waals surface area contributed by atoms with E-state index in [0.29, 0.717) is 12.2 Å². The van der Waals surface area contributed by atoms with Crippen LogP contribution in [0.4, 0.5) is 0 Å². The van der Waals surface area contributed by atoms with Crippen LogP contribution in [0.2, 0.25) is 0 Å². The van der Waals surface area contributed by atoms with E-state index in [0.717, 1.165) is 33.8 Å². The first-order valence-corrected chi connectivity index (χ1v) is 11.1. The second-order valence-electron chi connectivity index (χ2n) is 11.3. The molecule has 1 heterocycles. The van der Waals surface area contributed by atoms with E-state index in [1.807, 2.05) is 36.4 Å². The lowest BCUT2D eigenvalue weighted by Gasteiger charge is -2.46. The van der Waals surface area contributed by atoms with Crippen molar-refractivity contribution in [1.29, 1.82) is 0 Å². The fraction of sp³-hybridized carbons (Fsp3) is 0.429. The summed E-state index contributed by atoms with van der Waals surface area (Å²) < 4.78 is 6.65. The molecule has 1 aliphatic carbocycles. The van der Waals surface area contributed by atoms with Crippen molar-refractivity contribution in [3.8, 4) is 11.5 Å². The minimum absolute atomic E-state index is 0.111. The molecule has 0 saturated carbocycles. The molecule has 0 aromatic heterocycles. The maximum absolute atomic E-state index is 11.2. The summed E-state index contributed by atoms with van der Waals surface area (Å²) in [7, 11) is 0. The standard InChI is InChI=1S/C28H34O3/c1-26(2,3)21-14-18(29)13-20-24(17-11-9-8-10-12-17)19-15-23(30)28(7,27(4,5)6)16-22(19)31-25(20)21/h8-15,24,29-30H,16H2,1-7H3. The maximum Gasteiger partial charge on any atom is 0.135 e. The van der Waals surface area contributed by atoms with Crippen molar-refractivity contribution in [3.63, 3.8) is 0 Å². The largest absolute Gasteiger partial charge is 0.512 e. The summed E-state index contributed by atoms with van der Waals surface area (Å²) in [4.78, 5) is 0.